The highest BCUT2D eigenvalue weighted by Crippen LogP contribution is 2.39. The summed E-state index contributed by atoms with van der Waals surface area (Å²) in [4.78, 5) is 153. The van der Waals surface area contributed by atoms with Gasteiger partial charge < -0.3 is 85.3 Å². The highest BCUT2D eigenvalue weighted by Gasteiger charge is 2.41. The van der Waals surface area contributed by atoms with Crippen molar-refractivity contribution < 1.29 is 62.4 Å². The topological polar surface area (TPSA) is 387 Å². The summed E-state index contributed by atoms with van der Waals surface area (Å²) in [5, 5.41) is 27.9. The molecular weight excluding hydrogens is 1700 g/mol. The molecule has 124 heavy (non-hydrogen) atoms. The zero-order valence-corrected chi connectivity index (χ0v) is 77.0. The Bertz CT molecular complexity index is 5500. The van der Waals surface area contributed by atoms with Crippen molar-refractivity contribution in [3.63, 3.8) is 0 Å². The van der Waals surface area contributed by atoms with E-state index in [1.165, 1.54) is 28.4 Å². The van der Waals surface area contributed by atoms with E-state index in [1.807, 2.05) is 89.0 Å². The number of rotatable bonds is 20. The van der Waals surface area contributed by atoms with Gasteiger partial charge >= 0.3 is 30.3 Å². The Balaban J connectivity index is 0.000000375. The maximum atomic E-state index is 13.7. The lowest BCUT2D eigenvalue weighted by Gasteiger charge is -2.31. The first kappa shape index (κ1) is 104. The number of amides is 7. The van der Waals surface area contributed by atoms with E-state index in [4.69, 9.17) is 29.3 Å². The number of carboxylic acid groups (broad SMARTS) is 1. The Morgan fingerprint density at radius 2 is 0.710 bits per heavy atom. The number of benzene rings is 6. The summed E-state index contributed by atoms with van der Waals surface area (Å²) in [5.74, 6) is -0.639. The van der Waals surface area contributed by atoms with Crippen LogP contribution in [-0.4, -0.2) is 177 Å². The molecule has 10 N–H and O–H groups in total. The lowest BCUT2D eigenvalue weighted by molar-refractivity contribution is -0.140. The van der Waals surface area contributed by atoms with E-state index in [2.05, 4.69) is 124 Å². The van der Waals surface area contributed by atoms with Crippen molar-refractivity contribution in [1.82, 2.24) is 71.2 Å². The van der Waals surface area contributed by atoms with Crippen molar-refractivity contribution in [2.75, 3.05) is 54.6 Å². The molecule has 29 nitrogen and oxygen atoms in total. The second kappa shape index (κ2) is 46.6. The maximum Gasteiger partial charge on any atom is 0.407 e. The number of imidazole rings is 2. The van der Waals surface area contributed by atoms with Crippen molar-refractivity contribution in [3.05, 3.63) is 177 Å². The molecule has 10 aromatic rings. The number of carbonyl (C=O) groups is 8. The molecule has 4 aromatic heterocycles. The number of likely N-dealkylation sites (tertiary alicyclic amines) is 3. The number of carboxylic acids is 1. The molecule has 4 fully saturated rings. The fraction of sp³-hybridized carbons (Fsp3) is 0.416. The fourth-order valence-electron chi connectivity index (χ4n) is 16.0. The molecule has 4 aliphatic heterocycles. The summed E-state index contributed by atoms with van der Waals surface area (Å²) in [5.41, 5.74) is 10.8. The van der Waals surface area contributed by atoms with Gasteiger partial charge in [-0.05, 0) is 174 Å². The third-order valence-corrected chi connectivity index (χ3v) is 22.5. The monoisotopic (exact) mass is 1820 g/mol. The first-order valence-corrected chi connectivity index (χ1v) is 39.9. The molecule has 0 aliphatic carbocycles. The summed E-state index contributed by atoms with van der Waals surface area (Å²) in [6, 6.07) is 36.7. The van der Waals surface area contributed by atoms with Crippen molar-refractivity contribution in [2.45, 2.75) is 163 Å². The third-order valence-electron chi connectivity index (χ3n) is 22.5. The highest BCUT2D eigenvalue weighted by atomic mass is 32.1. The zero-order valence-electron chi connectivity index (χ0n) is 71.0. The molecular formula is C89H120N14O15S6. The van der Waals surface area contributed by atoms with Crippen LogP contribution in [-0.2, 0) is 38.1 Å². The average molecular weight is 1820 g/mol. The van der Waals surface area contributed by atoms with Crippen LogP contribution in [0.15, 0.2) is 143 Å². The van der Waals surface area contributed by atoms with Gasteiger partial charge in [-0.3, -0.25) is 24.0 Å². The SMILES string of the molecule is C.COC(=O)N[C@H](C(=O)N1CCCC1c1cc(=O)c2ccc(-c3ccc4cc(-c5cnc([C@@H]6CCCN6C(=O)[C@@H](NC(=O)OC)C(C)C)[nH]5)ccc4c3)cc2[nH]1)C(C)C.COC(=O)N[C@H](C(=O)N1CCC[C@H]1c1ncc(-c2ccc3cc(-c4ccc5c(=O)cc(C6CCCN6)[nH]c5c4)ccc3c2)[nH]1)C(C)C.COC(=O)N[C@H](C(=O)O)C(C)C.S.S.S.S.S.S. The molecule has 35 heteroatoms. The fourth-order valence-corrected chi connectivity index (χ4v) is 16.0. The summed E-state index contributed by atoms with van der Waals surface area (Å²) in [7, 11) is 5.04. The minimum Gasteiger partial charge on any atom is -0.480 e. The normalized spacial score (nSPS) is 16.6. The third kappa shape index (κ3) is 24.0. The van der Waals surface area contributed by atoms with Crippen LogP contribution >= 0.6 is 81.0 Å². The first-order valence-electron chi connectivity index (χ1n) is 39.9. The summed E-state index contributed by atoms with van der Waals surface area (Å²) < 4.78 is 18.6. The maximum absolute atomic E-state index is 13.7. The predicted octanol–water partition coefficient (Wildman–Crippen LogP) is 14.8. The lowest BCUT2D eigenvalue weighted by Crippen LogP contribution is -2.51. The number of fused-ring (bicyclic) bond motifs is 4. The molecule has 8 atom stereocenters. The van der Waals surface area contributed by atoms with Crippen molar-refractivity contribution in [2.24, 2.45) is 23.7 Å². The van der Waals surface area contributed by atoms with E-state index in [1.54, 1.807) is 42.0 Å². The summed E-state index contributed by atoms with van der Waals surface area (Å²) >= 11 is 0. The number of pyridine rings is 2. The number of methoxy groups -OCH3 is 4. The van der Waals surface area contributed by atoms with Gasteiger partial charge in [0.15, 0.2) is 10.9 Å². The number of alkyl carbamates (subject to hydrolysis) is 4. The second-order valence-corrected chi connectivity index (χ2v) is 31.6. The van der Waals surface area contributed by atoms with Gasteiger partial charge in [0.25, 0.3) is 0 Å². The quantitative estimate of drug-likeness (QED) is 0.0317. The number of aromatic nitrogens is 6. The standard InChI is InChI=1S/C44H51N7O7.C37H40N6O4.C7H13NO4.CH4.6H2S/c1-24(2)38(48-43(55)57-5)41(53)50-17-7-9-35(50)33-22-37(52)31-16-15-29(21-32(31)46-33)27-11-12-28-20-30(14-13-26(28)19-27)34-23-45-40(47-34)36-10-8-18-51(36)42(54)39(25(3)4)49-44(56)58-6;1-21(2)34(42-37(46)47-3)36(45)43-15-5-7-32(43)35-39-20-31(41-35)26-11-10-22-16-23(8-9-24(22)17-26)25-12-13-27-29(18-25)40-30(19-33(27)44)28-6-4-14-38-28;1-4(2)5(6(9)10)8-7(11)12-3;;;;;;;/h11-16,19-25,35-36,38-39H,7-10,17-18H2,1-6H3,(H,45,47)(H,46,52)(H,48,55)(H,49,56);8-13,16-21,28,32,34,38H,4-7,14-15H2,1-3H3,(H,39,41)(H,40,44)(H,42,46);4-5H,1-3H3,(H,8,11)(H,9,10);1H4;6*1H2/t35?,36-,38-,39-;28?,32-,34-;5-;;;;;;;/m000......./s1. The molecule has 8 heterocycles. The molecule has 0 bridgehead atoms. The Morgan fingerprint density at radius 3 is 1.06 bits per heavy atom. The Kier molecular flexibility index (Phi) is 39.2. The molecule has 672 valence electrons. The van der Waals surface area contributed by atoms with Gasteiger partial charge in [-0.25, -0.2) is 33.9 Å². The number of hydrogen-bond acceptors (Lipinski definition) is 17. The summed E-state index contributed by atoms with van der Waals surface area (Å²) in [6.45, 7) is 17.4. The van der Waals surface area contributed by atoms with Crippen LogP contribution in [0.1, 0.15) is 161 Å². The van der Waals surface area contributed by atoms with Crippen molar-refractivity contribution in [3.8, 4) is 44.8 Å². The number of nitrogens with one attached hydrogen (secondary N) is 9. The minimum absolute atomic E-state index is 0. The summed E-state index contributed by atoms with van der Waals surface area (Å²) in [6.07, 6.45) is 7.84. The van der Waals surface area contributed by atoms with E-state index in [0.717, 1.165) is 135 Å². The molecule has 6 aromatic carbocycles. The minimum atomic E-state index is -1.06. The van der Waals surface area contributed by atoms with Gasteiger partial charge in [0, 0.05) is 71.1 Å². The smallest absolute Gasteiger partial charge is 0.407 e. The number of hydrogen-bond donors (Lipinski definition) is 10. The van der Waals surface area contributed by atoms with Gasteiger partial charge in [0.05, 0.1) is 81.4 Å². The van der Waals surface area contributed by atoms with Crippen LogP contribution in [0.4, 0.5) is 19.2 Å². The molecule has 7 amide bonds. The number of aliphatic carboxylic acids is 1. The van der Waals surface area contributed by atoms with Gasteiger partial charge in [0.2, 0.25) is 17.7 Å². The van der Waals surface area contributed by atoms with Crippen molar-refractivity contribution in [1.29, 1.82) is 0 Å². The zero-order chi connectivity index (χ0) is 83.6. The van der Waals surface area contributed by atoms with Gasteiger partial charge in [-0.15, -0.1) is 0 Å². The molecule has 0 saturated carbocycles. The molecule has 4 saturated heterocycles. The molecule has 4 aliphatic rings. The van der Waals surface area contributed by atoms with E-state index in [0.29, 0.717) is 53.9 Å². The number of aromatic amines is 4. The van der Waals surface area contributed by atoms with Gasteiger partial charge in [-0.1, -0.05) is 123 Å². The first-order chi connectivity index (χ1) is 56.1. The Hall–Kier alpha value is -10.3. The Morgan fingerprint density at radius 1 is 0.395 bits per heavy atom. The predicted molar refractivity (Wildman–Crippen MR) is 515 cm³/mol. The van der Waals surface area contributed by atoms with Crippen molar-refractivity contribution >= 4 is 172 Å². The van der Waals surface area contributed by atoms with E-state index < -0.39 is 54.5 Å². The number of nitrogens with zero attached hydrogens (tertiary/aromatic N) is 5. The highest BCUT2D eigenvalue weighted by molar-refractivity contribution is 7.60. The molecule has 0 radical (unpaired) electrons. The lowest BCUT2D eigenvalue weighted by atomic mass is 9.98. The van der Waals surface area contributed by atoms with E-state index in [-0.39, 0.29) is 165 Å². The largest absolute Gasteiger partial charge is 0.480 e. The van der Waals surface area contributed by atoms with E-state index >= 15 is 0 Å². The van der Waals surface area contributed by atoms with Crippen LogP contribution in [0, 0.1) is 23.7 Å². The van der Waals surface area contributed by atoms with Crippen LogP contribution in [0.25, 0.3) is 88.1 Å². The van der Waals surface area contributed by atoms with Crippen LogP contribution in [0.5, 0.6) is 0 Å². The van der Waals surface area contributed by atoms with E-state index in [9.17, 15) is 47.9 Å². The average Bonchev–Trinajstić information content (AvgIpc) is 1.62. The Labute approximate surface area is 763 Å². The molecule has 14 rings (SSSR count). The second-order valence-electron chi connectivity index (χ2n) is 31.6. The van der Waals surface area contributed by atoms with Gasteiger partial charge in [-0.2, -0.15) is 81.0 Å². The molecule has 0 spiro atoms. The van der Waals surface area contributed by atoms with Crippen LogP contribution in [0.3, 0.4) is 0 Å². The van der Waals surface area contributed by atoms with Gasteiger partial charge in [0.1, 0.15) is 35.8 Å². The molecule has 2 unspecified atom stereocenters. The number of carbonyl (C=O) groups excluding carboxylic acids is 7. The van der Waals surface area contributed by atoms with Crippen LogP contribution in [0.2, 0.25) is 0 Å². The number of ether oxygens (including phenoxy) is 4. The number of H-pyrrole nitrogens is 4. The van der Waals surface area contributed by atoms with Crippen LogP contribution < -0.4 is 37.4 Å².